The van der Waals surface area contributed by atoms with Crippen molar-refractivity contribution < 1.29 is 29.6 Å². The Hall–Kier alpha value is -4.60. The highest BCUT2D eigenvalue weighted by molar-refractivity contribution is 6.08. The molecule has 0 fully saturated rings. The van der Waals surface area contributed by atoms with E-state index in [4.69, 9.17) is 0 Å². The Morgan fingerprint density at radius 1 is 0.600 bits per heavy atom. The van der Waals surface area contributed by atoms with Gasteiger partial charge >= 0.3 is 11.9 Å². The fourth-order valence-corrected chi connectivity index (χ4v) is 3.06. The Kier molecular flexibility index (Phi) is 5.23. The second-order valence-electron chi connectivity index (χ2n) is 6.13. The summed E-state index contributed by atoms with van der Waals surface area (Å²) in [6.07, 6.45) is 0. The Morgan fingerprint density at radius 2 is 0.900 bits per heavy atom. The predicted octanol–water partition coefficient (Wildman–Crippen LogP) is 4.23. The molecule has 2 N–H and O–H groups in total. The highest BCUT2D eigenvalue weighted by atomic mass is 16.6. The van der Waals surface area contributed by atoms with Gasteiger partial charge in [0.05, 0.1) is 21.0 Å². The Morgan fingerprint density at radius 3 is 1.13 bits per heavy atom. The normalized spacial score (nSPS) is 10.4. The van der Waals surface area contributed by atoms with E-state index in [2.05, 4.69) is 0 Å². The molecular formula is C20H12N2O8. The summed E-state index contributed by atoms with van der Waals surface area (Å²) in [5.74, 6) is -2.66. The summed E-state index contributed by atoms with van der Waals surface area (Å²) in [4.78, 5) is 44.3. The molecule has 0 unspecified atom stereocenters. The Labute approximate surface area is 167 Å². The van der Waals surface area contributed by atoms with Gasteiger partial charge in [-0.05, 0) is 47.5 Å². The molecule has 150 valence electrons. The smallest absolute Gasteiger partial charge is 0.336 e. The maximum atomic E-state index is 11.8. The molecule has 0 amide bonds. The van der Waals surface area contributed by atoms with E-state index in [1.807, 2.05) is 0 Å². The van der Waals surface area contributed by atoms with Crippen LogP contribution < -0.4 is 0 Å². The highest BCUT2D eigenvalue weighted by Crippen LogP contribution is 2.39. The number of hydrogen-bond acceptors (Lipinski definition) is 6. The van der Waals surface area contributed by atoms with Crippen molar-refractivity contribution in [2.75, 3.05) is 0 Å². The van der Waals surface area contributed by atoms with Crippen LogP contribution in [-0.2, 0) is 0 Å². The second-order valence-corrected chi connectivity index (χ2v) is 6.13. The molecule has 0 aliphatic carbocycles. The lowest BCUT2D eigenvalue weighted by atomic mass is 9.86. The van der Waals surface area contributed by atoms with Crippen LogP contribution in [0.2, 0.25) is 0 Å². The lowest BCUT2D eigenvalue weighted by molar-refractivity contribution is -0.385. The Balaban J connectivity index is 2.36. The number of carbonyl (C=O) groups is 2. The van der Waals surface area contributed by atoms with Crippen molar-refractivity contribution in [3.8, 4) is 22.3 Å². The number of aromatic carboxylic acids is 2. The van der Waals surface area contributed by atoms with E-state index in [1.54, 1.807) is 0 Å². The van der Waals surface area contributed by atoms with Gasteiger partial charge in [0, 0.05) is 35.4 Å². The van der Waals surface area contributed by atoms with E-state index >= 15 is 0 Å². The molecule has 10 heteroatoms. The summed E-state index contributed by atoms with van der Waals surface area (Å²) in [5.41, 5.74) is -0.325. The van der Waals surface area contributed by atoms with Gasteiger partial charge < -0.3 is 10.2 Å². The molecule has 0 radical (unpaired) electrons. The Bertz CT molecular complexity index is 1090. The molecule has 0 saturated heterocycles. The molecule has 0 saturated carbocycles. The standard InChI is InChI=1S/C20H12N2O8/c23-19(24)15-9-10-16(20(25)26)18(12-3-7-14(8-4-12)22(29)30)17(15)11-1-5-13(6-2-11)21(27)28/h1-10H,(H,23,24)(H,25,26). The number of nitro benzene ring substituents is 2. The number of carboxylic acid groups (broad SMARTS) is 2. The molecule has 3 aromatic rings. The predicted molar refractivity (Wildman–Crippen MR) is 105 cm³/mol. The van der Waals surface area contributed by atoms with Crippen LogP contribution in [0, 0.1) is 20.2 Å². The fourth-order valence-electron chi connectivity index (χ4n) is 3.06. The van der Waals surface area contributed by atoms with Crippen molar-refractivity contribution >= 4 is 23.3 Å². The van der Waals surface area contributed by atoms with Crippen molar-refractivity contribution in [1.29, 1.82) is 0 Å². The van der Waals surface area contributed by atoms with E-state index in [1.165, 1.54) is 48.5 Å². The second kappa shape index (κ2) is 7.80. The van der Waals surface area contributed by atoms with Gasteiger partial charge in [-0.25, -0.2) is 9.59 Å². The molecular weight excluding hydrogens is 396 g/mol. The minimum Gasteiger partial charge on any atom is -0.478 e. The van der Waals surface area contributed by atoms with Gasteiger partial charge in [0.15, 0.2) is 0 Å². The first-order valence-electron chi connectivity index (χ1n) is 8.34. The van der Waals surface area contributed by atoms with Crippen molar-refractivity contribution in [1.82, 2.24) is 0 Å². The molecule has 0 spiro atoms. The van der Waals surface area contributed by atoms with E-state index in [0.717, 1.165) is 12.1 Å². The summed E-state index contributed by atoms with van der Waals surface area (Å²) >= 11 is 0. The van der Waals surface area contributed by atoms with Crippen LogP contribution in [0.1, 0.15) is 20.7 Å². The van der Waals surface area contributed by atoms with E-state index in [-0.39, 0.29) is 44.8 Å². The van der Waals surface area contributed by atoms with Crippen LogP contribution in [0.4, 0.5) is 11.4 Å². The largest absolute Gasteiger partial charge is 0.478 e. The lowest BCUT2D eigenvalue weighted by Crippen LogP contribution is -2.07. The summed E-state index contributed by atoms with van der Waals surface area (Å²) < 4.78 is 0. The quantitative estimate of drug-likeness (QED) is 0.452. The number of rotatable bonds is 6. The van der Waals surface area contributed by atoms with Gasteiger partial charge in [-0.15, -0.1) is 0 Å². The third kappa shape index (κ3) is 3.69. The zero-order valence-electron chi connectivity index (χ0n) is 15.0. The van der Waals surface area contributed by atoms with Crippen LogP contribution in [-0.4, -0.2) is 32.0 Å². The SMILES string of the molecule is O=C(O)c1ccc(C(=O)O)c(-c2ccc([N+](=O)[O-])cc2)c1-c1ccc([N+](=O)[O-])cc1. The molecule has 0 aromatic heterocycles. The van der Waals surface area contributed by atoms with Crippen LogP contribution in [0.5, 0.6) is 0 Å². The summed E-state index contributed by atoms with van der Waals surface area (Å²) in [6, 6.07) is 12.3. The van der Waals surface area contributed by atoms with Crippen LogP contribution in [0.25, 0.3) is 22.3 Å². The number of non-ortho nitro benzene ring substituents is 2. The zero-order chi connectivity index (χ0) is 22.0. The van der Waals surface area contributed by atoms with Crippen molar-refractivity contribution in [3.63, 3.8) is 0 Å². The molecule has 0 bridgehead atoms. The third-order valence-electron chi connectivity index (χ3n) is 4.40. The average Bonchev–Trinajstić information content (AvgIpc) is 2.72. The van der Waals surface area contributed by atoms with E-state index in [9.17, 15) is 40.0 Å². The minimum absolute atomic E-state index is 0.0335. The summed E-state index contributed by atoms with van der Waals surface area (Å²) in [7, 11) is 0. The van der Waals surface area contributed by atoms with E-state index in [0.29, 0.717) is 0 Å². The molecule has 30 heavy (non-hydrogen) atoms. The van der Waals surface area contributed by atoms with Crippen LogP contribution in [0.15, 0.2) is 60.7 Å². The average molecular weight is 408 g/mol. The zero-order valence-corrected chi connectivity index (χ0v) is 15.0. The first-order chi connectivity index (χ1) is 14.2. The van der Waals surface area contributed by atoms with Crippen LogP contribution in [0.3, 0.4) is 0 Å². The summed E-state index contributed by atoms with van der Waals surface area (Å²) in [6.45, 7) is 0. The third-order valence-corrected chi connectivity index (χ3v) is 4.40. The number of carboxylic acids is 2. The van der Waals surface area contributed by atoms with Gasteiger partial charge in [0.2, 0.25) is 0 Å². The molecule has 0 aliphatic heterocycles. The monoisotopic (exact) mass is 408 g/mol. The molecule has 3 rings (SSSR count). The van der Waals surface area contributed by atoms with Crippen molar-refractivity contribution in [2.45, 2.75) is 0 Å². The number of nitro groups is 2. The number of nitrogens with zero attached hydrogens (tertiary/aromatic N) is 2. The summed E-state index contributed by atoms with van der Waals surface area (Å²) in [5, 5.41) is 41.1. The molecule has 3 aromatic carbocycles. The van der Waals surface area contributed by atoms with E-state index < -0.39 is 21.8 Å². The number of hydrogen-bond donors (Lipinski definition) is 2. The number of benzene rings is 3. The van der Waals surface area contributed by atoms with Gasteiger partial charge in [-0.2, -0.15) is 0 Å². The van der Waals surface area contributed by atoms with Gasteiger partial charge in [-0.3, -0.25) is 20.2 Å². The van der Waals surface area contributed by atoms with Gasteiger partial charge in [0.1, 0.15) is 0 Å². The first kappa shape index (κ1) is 20.1. The van der Waals surface area contributed by atoms with Gasteiger partial charge in [0.25, 0.3) is 11.4 Å². The fraction of sp³-hybridized carbons (Fsp3) is 0. The maximum Gasteiger partial charge on any atom is 0.336 e. The highest BCUT2D eigenvalue weighted by Gasteiger charge is 2.24. The molecule has 0 heterocycles. The van der Waals surface area contributed by atoms with Crippen molar-refractivity contribution in [2.24, 2.45) is 0 Å². The first-order valence-corrected chi connectivity index (χ1v) is 8.34. The van der Waals surface area contributed by atoms with Crippen LogP contribution >= 0.6 is 0 Å². The molecule has 0 aliphatic rings. The minimum atomic E-state index is -1.33. The molecule has 10 nitrogen and oxygen atoms in total. The topological polar surface area (TPSA) is 161 Å². The van der Waals surface area contributed by atoms with Crippen molar-refractivity contribution in [3.05, 3.63) is 92.0 Å². The molecule has 0 atom stereocenters. The maximum absolute atomic E-state index is 11.8. The lowest BCUT2D eigenvalue weighted by Gasteiger charge is -2.16. The van der Waals surface area contributed by atoms with Gasteiger partial charge in [-0.1, -0.05) is 0 Å².